The lowest BCUT2D eigenvalue weighted by Gasteiger charge is -2.11. The van der Waals surface area contributed by atoms with E-state index in [1.165, 1.54) is 36.4 Å². The van der Waals surface area contributed by atoms with E-state index < -0.39 is 11.8 Å². The van der Waals surface area contributed by atoms with Crippen LogP contribution in [0.5, 0.6) is 11.5 Å². The van der Waals surface area contributed by atoms with E-state index >= 15 is 0 Å². The van der Waals surface area contributed by atoms with Gasteiger partial charge in [0.2, 0.25) is 0 Å². The van der Waals surface area contributed by atoms with Crippen molar-refractivity contribution in [2.24, 2.45) is 0 Å². The number of halogens is 1. The number of esters is 1. The summed E-state index contributed by atoms with van der Waals surface area (Å²) in [7, 11) is 0. The van der Waals surface area contributed by atoms with E-state index in [1.807, 2.05) is 32.0 Å². The average Bonchev–Trinajstić information content (AvgIpc) is 2.68. The van der Waals surface area contributed by atoms with Crippen molar-refractivity contribution in [3.8, 4) is 11.5 Å². The SMILES string of the molecule is Cc1cccc(C)c1OCC(=O)Oc1ccc(C(=O)c2ccc(F)cc2)cc1. The number of carbonyl (C=O) groups is 2. The molecule has 0 unspecified atom stereocenters. The number of ketones is 1. The van der Waals surface area contributed by atoms with E-state index in [2.05, 4.69) is 0 Å². The summed E-state index contributed by atoms with van der Waals surface area (Å²) in [4.78, 5) is 24.4. The molecule has 4 nitrogen and oxygen atoms in total. The Balaban J connectivity index is 1.60. The van der Waals surface area contributed by atoms with Gasteiger partial charge >= 0.3 is 5.97 Å². The second-order valence-electron chi connectivity index (χ2n) is 6.34. The van der Waals surface area contributed by atoms with Crippen molar-refractivity contribution in [1.82, 2.24) is 0 Å². The maximum Gasteiger partial charge on any atom is 0.349 e. The van der Waals surface area contributed by atoms with Crippen LogP contribution >= 0.6 is 0 Å². The lowest BCUT2D eigenvalue weighted by Crippen LogP contribution is -2.18. The van der Waals surface area contributed by atoms with Gasteiger partial charge in [0.05, 0.1) is 0 Å². The van der Waals surface area contributed by atoms with Crippen LogP contribution in [0.25, 0.3) is 0 Å². The zero-order valence-corrected chi connectivity index (χ0v) is 15.6. The van der Waals surface area contributed by atoms with Gasteiger partial charge in [0.1, 0.15) is 17.3 Å². The Kier molecular flexibility index (Phi) is 5.84. The topological polar surface area (TPSA) is 52.6 Å². The van der Waals surface area contributed by atoms with E-state index in [4.69, 9.17) is 9.47 Å². The molecule has 3 rings (SSSR count). The molecule has 142 valence electrons. The third-order valence-electron chi connectivity index (χ3n) is 4.20. The Labute approximate surface area is 162 Å². The van der Waals surface area contributed by atoms with E-state index in [1.54, 1.807) is 12.1 Å². The second-order valence-corrected chi connectivity index (χ2v) is 6.34. The first-order chi connectivity index (χ1) is 13.4. The van der Waals surface area contributed by atoms with Crippen molar-refractivity contribution in [1.29, 1.82) is 0 Å². The van der Waals surface area contributed by atoms with Crippen molar-refractivity contribution in [2.45, 2.75) is 13.8 Å². The van der Waals surface area contributed by atoms with Gasteiger partial charge in [0, 0.05) is 11.1 Å². The zero-order valence-electron chi connectivity index (χ0n) is 15.6. The molecule has 0 radical (unpaired) electrons. The molecule has 0 fully saturated rings. The van der Waals surface area contributed by atoms with E-state index in [0.29, 0.717) is 22.6 Å². The van der Waals surface area contributed by atoms with Gasteiger partial charge in [-0.1, -0.05) is 18.2 Å². The van der Waals surface area contributed by atoms with Crippen LogP contribution in [0.2, 0.25) is 0 Å². The van der Waals surface area contributed by atoms with Crippen LogP contribution in [0.4, 0.5) is 4.39 Å². The highest BCUT2D eigenvalue weighted by Gasteiger charge is 2.12. The number of carbonyl (C=O) groups excluding carboxylic acids is 2. The van der Waals surface area contributed by atoms with Gasteiger partial charge in [-0.25, -0.2) is 9.18 Å². The van der Waals surface area contributed by atoms with Crippen molar-refractivity contribution in [2.75, 3.05) is 6.61 Å². The maximum absolute atomic E-state index is 13.0. The van der Waals surface area contributed by atoms with Crippen LogP contribution in [-0.2, 0) is 4.79 Å². The standard InChI is InChI=1S/C23H19FO4/c1-15-4-3-5-16(2)23(15)27-14-21(25)28-20-12-8-18(9-13-20)22(26)17-6-10-19(24)11-7-17/h3-13H,14H2,1-2H3. The van der Waals surface area contributed by atoms with Crippen LogP contribution in [-0.4, -0.2) is 18.4 Å². The summed E-state index contributed by atoms with van der Waals surface area (Å²) < 4.78 is 23.8. The quantitative estimate of drug-likeness (QED) is 0.356. The number of aryl methyl sites for hydroxylation is 2. The Morgan fingerprint density at radius 1 is 0.821 bits per heavy atom. The fourth-order valence-electron chi connectivity index (χ4n) is 2.76. The number of para-hydroxylation sites is 1. The molecule has 0 aliphatic carbocycles. The summed E-state index contributed by atoms with van der Waals surface area (Å²) in [5.74, 6) is -0.205. The van der Waals surface area contributed by atoms with Crippen LogP contribution in [0, 0.1) is 19.7 Å². The number of benzene rings is 3. The Morgan fingerprint density at radius 3 is 1.93 bits per heavy atom. The highest BCUT2D eigenvalue weighted by atomic mass is 19.1. The molecule has 28 heavy (non-hydrogen) atoms. The minimum atomic E-state index is -0.541. The molecule has 0 amide bonds. The molecular weight excluding hydrogens is 359 g/mol. The van der Waals surface area contributed by atoms with Crippen molar-refractivity contribution < 1.29 is 23.5 Å². The monoisotopic (exact) mass is 378 g/mol. The van der Waals surface area contributed by atoms with E-state index in [-0.39, 0.29) is 12.4 Å². The molecule has 0 heterocycles. The summed E-state index contributed by atoms with van der Waals surface area (Å²) in [6.07, 6.45) is 0. The van der Waals surface area contributed by atoms with Crippen LogP contribution in [0.3, 0.4) is 0 Å². The molecule has 3 aromatic carbocycles. The fourth-order valence-corrected chi connectivity index (χ4v) is 2.76. The summed E-state index contributed by atoms with van der Waals surface area (Å²) in [5.41, 5.74) is 2.68. The molecule has 0 aliphatic heterocycles. The van der Waals surface area contributed by atoms with Crippen molar-refractivity contribution >= 4 is 11.8 Å². The largest absolute Gasteiger partial charge is 0.481 e. The minimum absolute atomic E-state index is 0.220. The summed E-state index contributed by atoms with van der Waals surface area (Å²) in [5, 5.41) is 0. The molecule has 0 N–H and O–H groups in total. The van der Waals surface area contributed by atoms with Gasteiger partial charge in [-0.15, -0.1) is 0 Å². The predicted octanol–water partition coefficient (Wildman–Crippen LogP) is 4.66. The first kappa shape index (κ1) is 19.3. The van der Waals surface area contributed by atoms with Gasteiger partial charge < -0.3 is 9.47 Å². The highest BCUT2D eigenvalue weighted by Crippen LogP contribution is 2.22. The van der Waals surface area contributed by atoms with Gasteiger partial charge in [-0.2, -0.15) is 0 Å². The molecule has 3 aromatic rings. The third-order valence-corrected chi connectivity index (χ3v) is 4.20. The normalized spacial score (nSPS) is 10.4. The molecule has 0 saturated heterocycles. The molecule has 0 spiro atoms. The van der Waals surface area contributed by atoms with Gasteiger partial charge in [0.15, 0.2) is 12.4 Å². The molecule has 0 atom stereocenters. The maximum atomic E-state index is 13.0. The summed E-state index contributed by atoms with van der Waals surface area (Å²) in [6.45, 7) is 3.59. The Morgan fingerprint density at radius 2 is 1.36 bits per heavy atom. The van der Waals surface area contributed by atoms with Crippen molar-refractivity contribution in [3.63, 3.8) is 0 Å². The molecular formula is C23H19FO4. The first-order valence-electron chi connectivity index (χ1n) is 8.74. The lowest BCUT2D eigenvalue weighted by molar-refractivity contribution is -0.136. The molecule has 0 aliphatic rings. The van der Waals surface area contributed by atoms with Gasteiger partial charge in [0.25, 0.3) is 0 Å². The Bertz CT molecular complexity index is 972. The zero-order chi connectivity index (χ0) is 20.1. The van der Waals surface area contributed by atoms with Crippen molar-refractivity contribution in [3.05, 3.63) is 94.8 Å². The average molecular weight is 378 g/mol. The summed E-state index contributed by atoms with van der Waals surface area (Å²) >= 11 is 0. The highest BCUT2D eigenvalue weighted by molar-refractivity contribution is 6.09. The number of ether oxygens (including phenoxy) is 2. The smallest absolute Gasteiger partial charge is 0.349 e. The van der Waals surface area contributed by atoms with E-state index in [9.17, 15) is 14.0 Å². The summed E-state index contributed by atoms with van der Waals surface area (Å²) in [6, 6.07) is 17.2. The van der Waals surface area contributed by atoms with Crippen LogP contribution < -0.4 is 9.47 Å². The van der Waals surface area contributed by atoms with Crippen LogP contribution in [0.1, 0.15) is 27.0 Å². The minimum Gasteiger partial charge on any atom is -0.481 e. The molecule has 0 bridgehead atoms. The second kappa shape index (κ2) is 8.48. The number of hydrogen-bond acceptors (Lipinski definition) is 4. The first-order valence-corrected chi connectivity index (χ1v) is 8.74. The molecule has 0 saturated carbocycles. The lowest BCUT2D eigenvalue weighted by atomic mass is 10.0. The fraction of sp³-hybridized carbons (Fsp3) is 0.130. The molecule has 5 heteroatoms. The Hall–Kier alpha value is -3.47. The number of rotatable bonds is 6. The van der Waals surface area contributed by atoms with Gasteiger partial charge in [-0.3, -0.25) is 4.79 Å². The predicted molar refractivity (Wildman–Crippen MR) is 103 cm³/mol. The number of hydrogen-bond donors (Lipinski definition) is 0. The third kappa shape index (κ3) is 4.62. The van der Waals surface area contributed by atoms with Gasteiger partial charge in [-0.05, 0) is 73.5 Å². The van der Waals surface area contributed by atoms with Crippen LogP contribution in [0.15, 0.2) is 66.7 Å². The van der Waals surface area contributed by atoms with E-state index in [0.717, 1.165) is 11.1 Å². The molecule has 0 aromatic heterocycles.